The highest BCUT2D eigenvalue weighted by Gasteiger charge is 2.33. The van der Waals surface area contributed by atoms with E-state index in [9.17, 15) is 8.42 Å². The first kappa shape index (κ1) is 21.2. The molecule has 1 saturated carbocycles. The van der Waals surface area contributed by atoms with Crippen molar-refractivity contribution >= 4 is 40.0 Å². The van der Waals surface area contributed by atoms with E-state index in [1.807, 2.05) is 13.8 Å². The van der Waals surface area contributed by atoms with Crippen molar-refractivity contribution in [2.24, 2.45) is 10.9 Å². The number of guanidine groups is 1. The minimum Gasteiger partial charge on any atom is -0.357 e. The van der Waals surface area contributed by atoms with E-state index < -0.39 is 10.0 Å². The van der Waals surface area contributed by atoms with Crippen LogP contribution in [0.3, 0.4) is 0 Å². The molecule has 0 aliphatic heterocycles. The second-order valence-corrected chi connectivity index (χ2v) is 7.70. The Morgan fingerprint density at radius 2 is 1.92 bits per heavy atom. The smallest absolute Gasteiger partial charge is 0.240 e. The molecule has 0 spiro atoms. The summed E-state index contributed by atoms with van der Waals surface area (Å²) in [6.07, 6.45) is 1.16. The quantitative estimate of drug-likeness (QED) is 0.248. The summed E-state index contributed by atoms with van der Waals surface area (Å²) in [6, 6.07) is 7.28. The molecule has 2 unspecified atom stereocenters. The normalized spacial score (nSPS) is 20.2. The summed E-state index contributed by atoms with van der Waals surface area (Å²) in [5.41, 5.74) is 1.03. The summed E-state index contributed by atoms with van der Waals surface area (Å²) < 4.78 is 26.9. The molecule has 2 rings (SSSR count). The third kappa shape index (κ3) is 6.56. The van der Waals surface area contributed by atoms with Gasteiger partial charge in [0.1, 0.15) is 0 Å². The number of sulfonamides is 1. The van der Waals surface area contributed by atoms with Crippen molar-refractivity contribution < 1.29 is 8.42 Å². The lowest BCUT2D eigenvalue weighted by Crippen LogP contribution is -2.39. The molecule has 0 radical (unpaired) electrons. The standard InChI is InChI=1S/C16H26N4O2S.HI/c1-4-17-16(20-15-11-13(15)3)18-9-10-19-23(21,22)14-7-5-12(2)6-8-14;/h5-8,13,15,19H,4,9-11H2,1-3H3,(H2,17,18,20);1H. The Hall–Kier alpha value is -0.870. The Bertz CT molecular complexity index is 647. The van der Waals surface area contributed by atoms with Crippen LogP contribution < -0.4 is 15.4 Å². The minimum atomic E-state index is -3.47. The van der Waals surface area contributed by atoms with Gasteiger partial charge in [-0.05, 0) is 38.3 Å². The predicted octanol–water partition coefficient (Wildman–Crippen LogP) is 1.85. The van der Waals surface area contributed by atoms with Gasteiger partial charge in [-0.15, -0.1) is 24.0 Å². The number of nitrogens with zero attached hydrogens (tertiary/aromatic N) is 1. The number of benzene rings is 1. The van der Waals surface area contributed by atoms with Gasteiger partial charge in [-0.3, -0.25) is 4.99 Å². The van der Waals surface area contributed by atoms with Gasteiger partial charge in [-0.25, -0.2) is 13.1 Å². The van der Waals surface area contributed by atoms with Crippen LogP contribution in [0.4, 0.5) is 0 Å². The highest BCUT2D eigenvalue weighted by atomic mass is 127. The monoisotopic (exact) mass is 466 g/mol. The average molecular weight is 466 g/mol. The zero-order chi connectivity index (χ0) is 16.9. The predicted molar refractivity (Wildman–Crippen MR) is 108 cm³/mol. The van der Waals surface area contributed by atoms with Crippen molar-refractivity contribution in [1.82, 2.24) is 15.4 Å². The fourth-order valence-electron chi connectivity index (χ4n) is 2.17. The van der Waals surface area contributed by atoms with E-state index in [4.69, 9.17) is 0 Å². The van der Waals surface area contributed by atoms with Gasteiger partial charge in [-0.1, -0.05) is 24.6 Å². The molecule has 1 aliphatic rings. The molecule has 24 heavy (non-hydrogen) atoms. The first-order chi connectivity index (χ1) is 10.9. The summed E-state index contributed by atoms with van der Waals surface area (Å²) >= 11 is 0. The van der Waals surface area contributed by atoms with Gasteiger partial charge in [0.05, 0.1) is 11.4 Å². The second-order valence-electron chi connectivity index (χ2n) is 5.94. The summed E-state index contributed by atoms with van der Waals surface area (Å²) in [7, 11) is -3.47. The summed E-state index contributed by atoms with van der Waals surface area (Å²) in [5, 5.41) is 6.51. The Morgan fingerprint density at radius 3 is 2.46 bits per heavy atom. The van der Waals surface area contributed by atoms with Crippen molar-refractivity contribution in [3.63, 3.8) is 0 Å². The van der Waals surface area contributed by atoms with Gasteiger partial charge >= 0.3 is 0 Å². The minimum absolute atomic E-state index is 0. The Morgan fingerprint density at radius 1 is 1.29 bits per heavy atom. The SMILES string of the molecule is CCNC(=NCCNS(=O)(=O)c1ccc(C)cc1)NC1CC1C.I. The van der Waals surface area contributed by atoms with Gasteiger partial charge in [0.25, 0.3) is 0 Å². The first-order valence-corrected chi connectivity index (χ1v) is 9.52. The Labute approximate surface area is 162 Å². The molecule has 1 aromatic rings. The maximum absolute atomic E-state index is 12.2. The number of rotatable bonds is 7. The van der Waals surface area contributed by atoms with Crippen molar-refractivity contribution in [3.05, 3.63) is 29.8 Å². The van der Waals surface area contributed by atoms with E-state index in [-0.39, 0.29) is 35.4 Å². The van der Waals surface area contributed by atoms with Crippen LogP contribution in [0.5, 0.6) is 0 Å². The van der Waals surface area contributed by atoms with Crippen molar-refractivity contribution in [2.75, 3.05) is 19.6 Å². The van der Waals surface area contributed by atoms with E-state index >= 15 is 0 Å². The number of hydrogen-bond acceptors (Lipinski definition) is 3. The molecule has 1 aliphatic carbocycles. The summed E-state index contributed by atoms with van der Waals surface area (Å²) in [6.45, 7) is 7.57. The molecule has 2 atom stereocenters. The molecule has 6 nitrogen and oxygen atoms in total. The summed E-state index contributed by atoms with van der Waals surface area (Å²) in [4.78, 5) is 4.69. The number of hydrogen-bond donors (Lipinski definition) is 3. The van der Waals surface area contributed by atoms with Crippen molar-refractivity contribution in [1.29, 1.82) is 0 Å². The number of aryl methyl sites for hydroxylation is 1. The number of nitrogens with one attached hydrogen (secondary N) is 3. The lowest BCUT2D eigenvalue weighted by molar-refractivity contribution is 0.582. The molecule has 0 saturated heterocycles. The second kappa shape index (κ2) is 9.57. The van der Waals surface area contributed by atoms with Gasteiger partial charge in [0.2, 0.25) is 10.0 Å². The highest BCUT2D eigenvalue weighted by Crippen LogP contribution is 2.28. The fourth-order valence-corrected chi connectivity index (χ4v) is 3.19. The van der Waals surface area contributed by atoms with E-state index in [1.165, 1.54) is 0 Å². The van der Waals surface area contributed by atoms with E-state index in [0.717, 1.165) is 24.5 Å². The molecule has 1 aromatic carbocycles. The third-order valence-electron chi connectivity index (χ3n) is 3.78. The van der Waals surface area contributed by atoms with Crippen LogP contribution in [0, 0.1) is 12.8 Å². The average Bonchev–Trinajstić information content (AvgIpc) is 3.19. The zero-order valence-electron chi connectivity index (χ0n) is 14.4. The van der Waals surface area contributed by atoms with Crippen molar-refractivity contribution in [3.8, 4) is 0 Å². The molecule has 0 aromatic heterocycles. The molecule has 136 valence electrons. The van der Waals surface area contributed by atoms with E-state index in [1.54, 1.807) is 24.3 Å². The Kier molecular flexibility index (Phi) is 8.44. The van der Waals surface area contributed by atoms with Crippen LogP contribution in [-0.2, 0) is 10.0 Å². The highest BCUT2D eigenvalue weighted by molar-refractivity contribution is 14.0. The van der Waals surface area contributed by atoms with Crippen molar-refractivity contribution in [2.45, 2.75) is 38.1 Å². The van der Waals surface area contributed by atoms with Gasteiger partial charge in [0, 0.05) is 19.1 Å². The van der Waals surface area contributed by atoms with E-state index in [2.05, 4.69) is 27.3 Å². The topological polar surface area (TPSA) is 82.6 Å². The Balaban J connectivity index is 0.00000288. The van der Waals surface area contributed by atoms with Gasteiger partial charge in [-0.2, -0.15) is 0 Å². The lowest BCUT2D eigenvalue weighted by atomic mass is 10.2. The maximum atomic E-state index is 12.2. The van der Waals surface area contributed by atoms with E-state index in [0.29, 0.717) is 18.5 Å². The van der Waals surface area contributed by atoms with Gasteiger partial charge in [0.15, 0.2) is 5.96 Å². The number of halogens is 1. The largest absolute Gasteiger partial charge is 0.357 e. The molecule has 1 fully saturated rings. The fraction of sp³-hybridized carbons (Fsp3) is 0.562. The molecule has 3 N–H and O–H groups in total. The van der Waals surface area contributed by atoms with Crippen LogP contribution >= 0.6 is 24.0 Å². The van der Waals surface area contributed by atoms with Crippen LogP contribution in [0.1, 0.15) is 25.8 Å². The molecule has 8 heteroatoms. The maximum Gasteiger partial charge on any atom is 0.240 e. The summed E-state index contributed by atoms with van der Waals surface area (Å²) in [5.74, 6) is 1.43. The zero-order valence-corrected chi connectivity index (χ0v) is 17.5. The lowest BCUT2D eigenvalue weighted by Gasteiger charge is -2.11. The van der Waals surface area contributed by atoms with Crippen LogP contribution in [0.25, 0.3) is 0 Å². The molecule has 0 amide bonds. The molecular weight excluding hydrogens is 439 g/mol. The van der Waals surface area contributed by atoms with Crippen LogP contribution in [0.15, 0.2) is 34.2 Å². The molecule has 0 heterocycles. The first-order valence-electron chi connectivity index (χ1n) is 8.03. The number of aliphatic imine (C=N–C) groups is 1. The molecular formula is C16H27IN4O2S. The van der Waals surface area contributed by atoms with Crippen LogP contribution in [-0.4, -0.2) is 40.1 Å². The third-order valence-corrected chi connectivity index (χ3v) is 5.26. The van der Waals surface area contributed by atoms with Gasteiger partial charge < -0.3 is 10.6 Å². The molecule has 0 bridgehead atoms. The van der Waals surface area contributed by atoms with Crippen LogP contribution in [0.2, 0.25) is 0 Å².